The van der Waals surface area contributed by atoms with Gasteiger partial charge in [-0.15, -0.1) is 11.6 Å². The monoisotopic (exact) mass is 327 g/mol. The third-order valence-electron chi connectivity index (χ3n) is 3.06. The number of halogens is 1. The van der Waals surface area contributed by atoms with Crippen molar-refractivity contribution in [1.82, 2.24) is 14.7 Å². The third-order valence-corrected chi connectivity index (χ3v) is 4.87. The fourth-order valence-corrected chi connectivity index (χ4v) is 3.42. The van der Waals surface area contributed by atoms with E-state index in [4.69, 9.17) is 11.6 Å². The van der Waals surface area contributed by atoms with Gasteiger partial charge in [-0.1, -0.05) is 37.3 Å². The van der Waals surface area contributed by atoms with Crippen LogP contribution < -0.4 is 4.72 Å². The lowest BCUT2D eigenvalue weighted by molar-refractivity contribution is 0.558. The maximum absolute atomic E-state index is 12.3. The van der Waals surface area contributed by atoms with Crippen molar-refractivity contribution in [2.45, 2.75) is 30.8 Å². The number of imidazole rings is 1. The van der Waals surface area contributed by atoms with Crippen LogP contribution in [0.1, 0.15) is 18.3 Å². The first-order valence-electron chi connectivity index (χ1n) is 6.71. The molecule has 1 atom stereocenters. The Bertz CT molecular complexity index is 671. The maximum atomic E-state index is 12.3. The Morgan fingerprint density at radius 1 is 1.33 bits per heavy atom. The number of nitrogens with one attached hydrogen (secondary N) is 2. The van der Waals surface area contributed by atoms with Crippen LogP contribution >= 0.6 is 11.6 Å². The highest BCUT2D eigenvalue weighted by Crippen LogP contribution is 2.10. The zero-order chi connectivity index (χ0) is 15.3. The summed E-state index contributed by atoms with van der Waals surface area (Å²) in [5.41, 5.74) is 1.03. The summed E-state index contributed by atoms with van der Waals surface area (Å²) >= 11 is 5.89. The van der Waals surface area contributed by atoms with Gasteiger partial charge in [-0.2, -0.15) is 0 Å². The molecule has 0 saturated carbocycles. The van der Waals surface area contributed by atoms with Crippen molar-refractivity contribution in [1.29, 1.82) is 0 Å². The minimum absolute atomic E-state index is 0.0718. The molecule has 0 saturated heterocycles. The van der Waals surface area contributed by atoms with Crippen LogP contribution in [0.25, 0.3) is 0 Å². The summed E-state index contributed by atoms with van der Waals surface area (Å²) < 4.78 is 27.2. The Kier molecular flexibility index (Phi) is 5.39. The van der Waals surface area contributed by atoms with Crippen LogP contribution in [0.15, 0.2) is 41.6 Å². The van der Waals surface area contributed by atoms with Gasteiger partial charge in [-0.05, 0) is 12.0 Å². The predicted octanol–water partition coefficient (Wildman–Crippen LogP) is 2.10. The summed E-state index contributed by atoms with van der Waals surface area (Å²) in [5.74, 6) is 0.837. The first kappa shape index (κ1) is 16.0. The van der Waals surface area contributed by atoms with Gasteiger partial charge >= 0.3 is 0 Å². The molecule has 1 unspecified atom stereocenters. The fraction of sp³-hybridized carbons (Fsp3) is 0.357. The molecular formula is C14H18ClN3O2S. The highest BCUT2D eigenvalue weighted by molar-refractivity contribution is 7.89. The van der Waals surface area contributed by atoms with E-state index in [0.29, 0.717) is 18.7 Å². The molecule has 0 aliphatic heterocycles. The van der Waals surface area contributed by atoms with E-state index >= 15 is 0 Å². The first-order chi connectivity index (χ1) is 10.0. The SMILES string of the molecule is CCc1ncc(S(=O)(=O)NC(CCl)Cc2ccccc2)[nH]1. The van der Waals surface area contributed by atoms with Crippen molar-refractivity contribution >= 4 is 21.6 Å². The zero-order valence-electron chi connectivity index (χ0n) is 11.7. The van der Waals surface area contributed by atoms with Crippen LogP contribution in [0, 0.1) is 0 Å². The zero-order valence-corrected chi connectivity index (χ0v) is 13.3. The van der Waals surface area contributed by atoms with Crippen LogP contribution in [-0.4, -0.2) is 30.3 Å². The van der Waals surface area contributed by atoms with Gasteiger partial charge < -0.3 is 4.98 Å². The van der Waals surface area contributed by atoms with E-state index < -0.39 is 10.0 Å². The van der Waals surface area contributed by atoms with E-state index in [2.05, 4.69) is 14.7 Å². The maximum Gasteiger partial charge on any atom is 0.257 e. The number of rotatable bonds is 7. The Hall–Kier alpha value is -1.37. The molecule has 0 aliphatic carbocycles. The molecule has 21 heavy (non-hydrogen) atoms. The van der Waals surface area contributed by atoms with Crippen molar-refractivity contribution < 1.29 is 8.42 Å². The molecule has 0 bridgehead atoms. The van der Waals surface area contributed by atoms with E-state index in [-0.39, 0.29) is 16.9 Å². The Morgan fingerprint density at radius 2 is 2.05 bits per heavy atom. The number of benzene rings is 1. The van der Waals surface area contributed by atoms with Crippen LogP contribution in [0.4, 0.5) is 0 Å². The number of aryl methyl sites for hydroxylation is 1. The van der Waals surface area contributed by atoms with Crippen LogP contribution in [0.3, 0.4) is 0 Å². The van der Waals surface area contributed by atoms with Gasteiger partial charge in [-0.25, -0.2) is 18.1 Å². The number of hydrogen-bond acceptors (Lipinski definition) is 3. The predicted molar refractivity (Wildman–Crippen MR) is 82.9 cm³/mol. The minimum Gasteiger partial charge on any atom is -0.332 e. The third kappa shape index (κ3) is 4.30. The molecule has 5 nitrogen and oxygen atoms in total. The lowest BCUT2D eigenvalue weighted by Gasteiger charge is -2.15. The van der Waals surface area contributed by atoms with Gasteiger partial charge in [0.25, 0.3) is 10.0 Å². The quantitative estimate of drug-likeness (QED) is 0.765. The number of nitrogens with zero attached hydrogens (tertiary/aromatic N) is 1. The van der Waals surface area contributed by atoms with Gasteiger partial charge in [0.15, 0.2) is 5.03 Å². The second kappa shape index (κ2) is 7.06. The van der Waals surface area contributed by atoms with Crippen molar-refractivity contribution in [2.75, 3.05) is 5.88 Å². The summed E-state index contributed by atoms with van der Waals surface area (Å²) in [5, 5.41) is 0.0718. The van der Waals surface area contributed by atoms with Crippen molar-refractivity contribution in [3.63, 3.8) is 0 Å². The average Bonchev–Trinajstić information content (AvgIpc) is 2.97. The molecule has 2 rings (SSSR count). The van der Waals surface area contributed by atoms with E-state index in [9.17, 15) is 8.42 Å². The highest BCUT2D eigenvalue weighted by Gasteiger charge is 2.21. The topological polar surface area (TPSA) is 74.8 Å². The van der Waals surface area contributed by atoms with Crippen LogP contribution in [0.5, 0.6) is 0 Å². The number of H-pyrrole nitrogens is 1. The number of aromatic amines is 1. The van der Waals surface area contributed by atoms with E-state index in [1.54, 1.807) is 0 Å². The fourth-order valence-electron chi connectivity index (χ4n) is 1.97. The Balaban J connectivity index is 2.10. The second-order valence-corrected chi connectivity index (χ2v) is 6.70. The van der Waals surface area contributed by atoms with Gasteiger partial charge in [0.1, 0.15) is 5.82 Å². The Morgan fingerprint density at radius 3 is 2.62 bits per heavy atom. The molecule has 0 amide bonds. The average molecular weight is 328 g/mol. The number of aromatic nitrogens is 2. The molecular weight excluding hydrogens is 310 g/mol. The standard InChI is InChI=1S/C14H18ClN3O2S/c1-2-13-16-10-14(17-13)21(19,20)18-12(9-15)8-11-6-4-3-5-7-11/h3-7,10,12,18H,2,8-9H2,1H3,(H,16,17). The molecule has 1 aromatic carbocycles. The lowest BCUT2D eigenvalue weighted by atomic mass is 10.1. The van der Waals surface area contributed by atoms with Crippen molar-refractivity contribution in [3.8, 4) is 0 Å². The molecule has 1 aromatic heterocycles. The minimum atomic E-state index is -3.63. The van der Waals surface area contributed by atoms with Gasteiger partial charge in [0.05, 0.1) is 6.20 Å². The molecule has 0 aliphatic rings. The molecule has 1 heterocycles. The normalized spacial score (nSPS) is 13.2. The van der Waals surface area contributed by atoms with E-state index in [0.717, 1.165) is 5.56 Å². The summed E-state index contributed by atoms with van der Waals surface area (Å²) in [6, 6.07) is 9.26. The lowest BCUT2D eigenvalue weighted by Crippen LogP contribution is -2.37. The number of alkyl halides is 1. The molecule has 0 radical (unpaired) electrons. The number of hydrogen-bond donors (Lipinski definition) is 2. The highest BCUT2D eigenvalue weighted by atomic mass is 35.5. The molecule has 7 heteroatoms. The van der Waals surface area contributed by atoms with Crippen LogP contribution in [0.2, 0.25) is 0 Å². The van der Waals surface area contributed by atoms with Gasteiger partial charge in [0.2, 0.25) is 0 Å². The van der Waals surface area contributed by atoms with Gasteiger partial charge in [-0.3, -0.25) is 0 Å². The van der Waals surface area contributed by atoms with E-state index in [1.807, 2.05) is 37.3 Å². The molecule has 114 valence electrons. The van der Waals surface area contributed by atoms with Gasteiger partial charge in [0, 0.05) is 18.3 Å². The second-order valence-electron chi connectivity index (χ2n) is 4.71. The smallest absolute Gasteiger partial charge is 0.257 e. The van der Waals surface area contributed by atoms with Crippen LogP contribution in [-0.2, 0) is 22.9 Å². The molecule has 0 fully saturated rings. The molecule has 0 spiro atoms. The van der Waals surface area contributed by atoms with E-state index in [1.165, 1.54) is 6.20 Å². The molecule has 2 aromatic rings. The first-order valence-corrected chi connectivity index (χ1v) is 8.73. The summed E-state index contributed by atoms with van der Waals surface area (Å²) in [6.07, 6.45) is 2.52. The van der Waals surface area contributed by atoms with Crippen molar-refractivity contribution in [3.05, 3.63) is 47.9 Å². The Labute approximate surface area is 129 Å². The molecule has 2 N–H and O–H groups in total. The summed E-state index contributed by atoms with van der Waals surface area (Å²) in [6.45, 7) is 1.90. The summed E-state index contributed by atoms with van der Waals surface area (Å²) in [4.78, 5) is 6.80. The summed E-state index contributed by atoms with van der Waals surface area (Å²) in [7, 11) is -3.63. The largest absolute Gasteiger partial charge is 0.332 e. The number of sulfonamides is 1. The van der Waals surface area contributed by atoms with Crippen molar-refractivity contribution in [2.24, 2.45) is 0 Å².